The van der Waals surface area contributed by atoms with E-state index in [0.717, 1.165) is 5.56 Å². The van der Waals surface area contributed by atoms with Crippen molar-refractivity contribution in [2.45, 2.75) is 32.2 Å². The maximum Gasteiger partial charge on any atom is 0.303 e. The number of esters is 2. The Morgan fingerprint density at radius 1 is 1.32 bits per heavy atom. The van der Waals surface area contributed by atoms with Crippen LogP contribution in [-0.2, 0) is 23.8 Å². The van der Waals surface area contributed by atoms with Gasteiger partial charge >= 0.3 is 11.9 Å². The summed E-state index contributed by atoms with van der Waals surface area (Å²) in [6.07, 6.45) is 1.85. The van der Waals surface area contributed by atoms with Crippen molar-refractivity contribution in [1.82, 2.24) is 0 Å². The van der Waals surface area contributed by atoms with Crippen molar-refractivity contribution >= 4 is 23.3 Å². The van der Waals surface area contributed by atoms with E-state index in [0.29, 0.717) is 0 Å². The van der Waals surface area contributed by atoms with Crippen LogP contribution in [0.2, 0.25) is 0 Å². The average molecular weight is 320 g/mol. The lowest BCUT2D eigenvalue weighted by atomic mass is 10.1. The molecule has 2 heterocycles. The predicted molar refractivity (Wildman–Crippen MR) is 81.2 cm³/mol. The van der Waals surface area contributed by atoms with Gasteiger partial charge in [0.25, 0.3) is 0 Å². The molecule has 3 atom stereocenters. The Bertz CT molecular complexity index is 608. The minimum Gasteiger partial charge on any atom is -0.463 e. The fourth-order valence-corrected chi connectivity index (χ4v) is 2.45. The number of carbonyl (C=O) groups excluding carboxylic acids is 2. The largest absolute Gasteiger partial charge is 0.463 e. The van der Waals surface area contributed by atoms with Crippen LogP contribution in [0.15, 0.2) is 29.0 Å². The van der Waals surface area contributed by atoms with Crippen molar-refractivity contribution in [3.8, 4) is 11.8 Å². The maximum atomic E-state index is 11.1. The number of hydrogen-bond acceptors (Lipinski definition) is 6. The highest BCUT2D eigenvalue weighted by Gasteiger charge is 2.29. The summed E-state index contributed by atoms with van der Waals surface area (Å²) in [6, 6.07) is 1.92. The summed E-state index contributed by atoms with van der Waals surface area (Å²) in [5, 5.41) is 3.89. The third-order valence-corrected chi connectivity index (χ3v) is 3.48. The normalized spacial score (nSPS) is 23.3. The molecular weight excluding hydrogens is 304 g/mol. The van der Waals surface area contributed by atoms with Crippen molar-refractivity contribution in [3.63, 3.8) is 0 Å². The molecule has 0 bridgehead atoms. The zero-order chi connectivity index (χ0) is 15.9. The maximum absolute atomic E-state index is 11.1. The van der Waals surface area contributed by atoms with E-state index in [1.807, 2.05) is 16.8 Å². The monoisotopic (exact) mass is 320 g/mol. The van der Waals surface area contributed by atoms with Gasteiger partial charge in [0.2, 0.25) is 0 Å². The van der Waals surface area contributed by atoms with Gasteiger partial charge in [0.1, 0.15) is 24.9 Å². The smallest absolute Gasteiger partial charge is 0.303 e. The summed E-state index contributed by atoms with van der Waals surface area (Å²) >= 11 is 1.57. The van der Waals surface area contributed by atoms with Crippen LogP contribution >= 0.6 is 11.3 Å². The van der Waals surface area contributed by atoms with Crippen LogP contribution in [-0.4, -0.2) is 36.9 Å². The molecule has 1 aromatic heterocycles. The second-order valence-electron chi connectivity index (χ2n) is 4.64. The highest BCUT2D eigenvalue weighted by molar-refractivity contribution is 7.08. The molecule has 116 valence electrons. The highest BCUT2D eigenvalue weighted by atomic mass is 32.1. The van der Waals surface area contributed by atoms with Gasteiger partial charge in [-0.15, -0.1) is 0 Å². The molecule has 0 saturated heterocycles. The predicted octanol–water partition coefficient (Wildman–Crippen LogP) is 1.92. The number of hydrogen-bond donors (Lipinski definition) is 0. The van der Waals surface area contributed by atoms with E-state index in [9.17, 15) is 9.59 Å². The molecule has 2 rings (SSSR count). The summed E-state index contributed by atoms with van der Waals surface area (Å²) in [4.78, 5) is 22.1. The van der Waals surface area contributed by atoms with Crippen LogP contribution in [0.5, 0.6) is 0 Å². The second-order valence-corrected chi connectivity index (χ2v) is 5.42. The molecule has 0 spiro atoms. The first-order valence-electron chi connectivity index (χ1n) is 6.72. The zero-order valence-electron chi connectivity index (χ0n) is 12.3. The molecular formula is C16H16O5S. The molecule has 1 aliphatic rings. The minimum atomic E-state index is -0.587. The Kier molecular flexibility index (Phi) is 5.75. The molecule has 22 heavy (non-hydrogen) atoms. The molecule has 0 amide bonds. The van der Waals surface area contributed by atoms with Gasteiger partial charge < -0.3 is 14.2 Å². The van der Waals surface area contributed by atoms with Crippen molar-refractivity contribution in [3.05, 3.63) is 34.5 Å². The van der Waals surface area contributed by atoms with E-state index >= 15 is 0 Å². The van der Waals surface area contributed by atoms with Crippen LogP contribution in [0.1, 0.15) is 19.4 Å². The van der Waals surface area contributed by atoms with Crippen LogP contribution < -0.4 is 0 Å². The van der Waals surface area contributed by atoms with Gasteiger partial charge in [-0.25, -0.2) is 0 Å². The van der Waals surface area contributed by atoms with Gasteiger partial charge in [-0.05, 0) is 23.6 Å². The number of ether oxygens (including phenoxy) is 3. The molecule has 0 saturated carbocycles. The first-order valence-corrected chi connectivity index (χ1v) is 7.67. The van der Waals surface area contributed by atoms with E-state index < -0.39 is 30.3 Å². The topological polar surface area (TPSA) is 61.8 Å². The van der Waals surface area contributed by atoms with E-state index in [2.05, 4.69) is 11.8 Å². The van der Waals surface area contributed by atoms with Gasteiger partial charge in [-0.1, -0.05) is 11.8 Å². The molecule has 1 aromatic rings. The van der Waals surface area contributed by atoms with Crippen LogP contribution in [0.25, 0.3) is 0 Å². The van der Waals surface area contributed by atoms with Gasteiger partial charge in [0.15, 0.2) is 0 Å². The van der Waals surface area contributed by atoms with Crippen LogP contribution in [0, 0.1) is 11.8 Å². The van der Waals surface area contributed by atoms with E-state index in [1.54, 1.807) is 23.5 Å². The van der Waals surface area contributed by atoms with E-state index in [-0.39, 0.29) is 6.61 Å². The summed E-state index contributed by atoms with van der Waals surface area (Å²) in [5.74, 6) is 5.15. The molecule has 6 heteroatoms. The van der Waals surface area contributed by atoms with Crippen LogP contribution in [0.4, 0.5) is 0 Å². The van der Waals surface area contributed by atoms with E-state index in [4.69, 9.17) is 14.2 Å². The van der Waals surface area contributed by atoms with Crippen LogP contribution in [0.3, 0.4) is 0 Å². The molecule has 0 aliphatic carbocycles. The molecule has 0 fully saturated rings. The third-order valence-electron chi connectivity index (χ3n) is 2.80. The first kappa shape index (κ1) is 16.3. The molecule has 0 N–H and O–H groups in total. The Balaban J connectivity index is 2.05. The molecule has 0 unspecified atom stereocenters. The Hall–Kier alpha value is -2.10. The van der Waals surface area contributed by atoms with Crippen molar-refractivity contribution in [2.24, 2.45) is 0 Å². The lowest BCUT2D eigenvalue weighted by Gasteiger charge is -2.29. The lowest BCUT2D eigenvalue weighted by molar-refractivity contribution is -0.161. The SMILES string of the molecule is CC(=O)OC[C@H]1O[C@H](C#Cc2ccsc2)C=C[C@@H]1OC(C)=O. The third kappa shape index (κ3) is 5.02. The Morgan fingerprint density at radius 3 is 2.77 bits per heavy atom. The number of carbonyl (C=O) groups is 2. The summed E-state index contributed by atoms with van der Waals surface area (Å²) in [5.41, 5.74) is 0.917. The van der Waals surface area contributed by atoms with Crippen molar-refractivity contribution in [2.75, 3.05) is 6.61 Å². The molecule has 0 radical (unpaired) electrons. The average Bonchev–Trinajstić information content (AvgIpc) is 2.97. The van der Waals surface area contributed by atoms with Gasteiger partial charge in [0, 0.05) is 24.8 Å². The molecule has 5 nitrogen and oxygen atoms in total. The van der Waals surface area contributed by atoms with Crippen molar-refractivity contribution in [1.29, 1.82) is 0 Å². The zero-order valence-corrected chi connectivity index (χ0v) is 13.1. The van der Waals surface area contributed by atoms with Crippen molar-refractivity contribution < 1.29 is 23.8 Å². The Labute approximate surface area is 132 Å². The first-order chi connectivity index (χ1) is 10.5. The summed E-state index contributed by atoms with van der Waals surface area (Å²) < 4.78 is 15.8. The highest BCUT2D eigenvalue weighted by Crippen LogP contribution is 2.17. The summed E-state index contributed by atoms with van der Waals surface area (Å²) in [6.45, 7) is 2.64. The fourth-order valence-electron chi connectivity index (χ4n) is 1.86. The molecule has 0 aromatic carbocycles. The van der Waals surface area contributed by atoms with Gasteiger partial charge in [-0.3, -0.25) is 9.59 Å². The Morgan fingerprint density at radius 2 is 2.14 bits per heavy atom. The fraction of sp³-hybridized carbons (Fsp3) is 0.375. The number of rotatable bonds is 3. The second kappa shape index (κ2) is 7.78. The lowest BCUT2D eigenvalue weighted by Crippen LogP contribution is -2.41. The number of thiophene rings is 1. The van der Waals surface area contributed by atoms with Gasteiger partial charge in [0.05, 0.1) is 0 Å². The van der Waals surface area contributed by atoms with E-state index in [1.165, 1.54) is 13.8 Å². The molecule has 1 aliphatic heterocycles. The summed E-state index contributed by atoms with van der Waals surface area (Å²) in [7, 11) is 0. The minimum absolute atomic E-state index is 0.00819. The quantitative estimate of drug-likeness (QED) is 0.484. The van der Waals surface area contributed by atoms with Gasteiger partial charge in [-0.2, -0.15) is 11.3 Å². The standard InChI is InChI=1S/C16H16O5S/c1-11(17)19-9-16-15(20-12(2)18)6-5-14(21-16)4-3-13-7-8-22-10-13/h5-8,10,14-16H,9H2,1-2H3/t14-,15+,16-/m1/s1.